The zero-order chi connectivity index (χ0) is 8.97. The predicted octanol–water partition coefficient (Wildman–Crippen LogP) is 0.163. The van der Waals surface area contributed by atoms with E-state index in [1.54, 1.807) is 0 Å². The number of nitrogens with two attached hydrogens (primary N) is 1. The van der Waals surface area contributed by atoms with Crippen molar-refractivity contribution in [2.75, 3.05) is 26.2 Å². The Morgan fingerprint density at radius 2 is 2.31 bits per heavy atom. The van der Waals surface area contributed by atoms with E-state index in [4.69, 9.17) is 10.8 Å². The minimum atomic E-state index is -0.743. The number of rotatable bonds is 3. The van der Waals surface area contributed by atoms with E-state index in [1.807, 2.05) is 4.90 Å². The second-order valence-electron chi connectivity index (χ2n) is 3.37. The zero-order valence-corrected chi connectivity index (χ0v) is 8.42. The summed E-state index contributed by atoms with van der Waals surface area (Å²) in [6.07, 6.45) is 2.22. The van der Waals surface area contributed by atoms with Crippen LogP contribution in [0.5, 0.6) is 0 Å². The Hall–Kier alpha value is -0.320. The fraction of sp³-hybridized carbons (Fsp3) is 0.875. The third-order valence-corrected chi connectivity index (χ3v) is 2.30. The largest absolute Gasteiger partial charge is 0.480 e. The summed E-state index contributed by atoms with van der Waals surface area (Å²) in [6, 6.07) is 0. The van der Waals surface area contributed by atoms with E-state index < -0.39 is 5.97 Å². The summed E-state index contributed by atoms with van der Waals surface area (Å²) in [4.78, 5) is 12.4. The van der Waals surface area contributed by atoms with Crippen LogP contribution in [0.3, 0.4) is 0 Å². The van der Waals surface area contributed by atoms with Crippen molar-refractivity contribution in [2.24, 2.45) is 11.7 Å². The number of carboxylic acids is 1. The van der Waals surface area contributed by atoms with Crippen molar-refractivity contribution < 1.29 is 9.90 Å². The normalized spacial score (nSPS) is 23.6. The van der Waals surface area contributed by atoms with Gasteiger partial charge in [0.1, 0.15) is 0 Å². The molecule has 0 radical (unpaired) electrons. The van der Waals surface area contributed by atoms with Crippen LogP contribution < -0.4 is 5.73 Å². The average Bonchev–Trinajstić information content (AvgIpc) is 2.03. The standard InChI is InChI=1S/C8H16N2O2.ClH/c9-4-7-2-1-3-10(5-7)6-8(11)12;/h7H,1-6,9H2,(H,11,12);1H. The maximum absolute atomic E-state index is 10.4. The van der Waals surface area contributed by atoms with Gasteiger partial charge in [-0.3, -0.25) is 9.69 Å². The Balaban J connectivity index is 0.00000144. The first-order valence-corrected chi connectivity index (χ1v) is 4.36. The summed E-state index contributed by atoms with van der Waals surface area (Å²) >= 11 is 0. The number of carboxylic acid groups (broad SMARTS) is 1. The minimum absolute atomic E-state index is 0. The van der Waals surface area contributed by atoms with E-state index in [-0.39, 0.29) is 19.0 Å². The van der Waals surface area contributed by atoms with Gasteiger partial charge in [-0.1, -0.05) is 0 Å². The highest BCUT2D eigenvalue weighted by Crippen LogP contribution is 2.14. The summed E-state index contributed by atoms with van der Waals surface area (Å²) in [5.74, 6) is -0.245. The molecule has 13 heavy (non-hydrogen) atoms. The lowest BCUT2D eigenvalue weighted by Crippen LogP contribution is -2.40. The highest BCUT2D eigenvalue weighted by Gasteiger charge is 2.19. The lowest BCUT2D eigenvalue weighted by atomic mass is 9.98. The Labute approximate surface area is 84.5 Å². The summed E-state index contributed by atoms with van der Waals surface area (Å²) in [5.41, 5.74) is 5.52. The second kappa shape index (κ2) is 6.18. The molecule has 1 aliphatic heterocycles. The van der Waals surface area contributed by atoms with Gasteiger partial charge >= 0.3 is 5.97 Å². The van der Waals surface area contributed by atoms with Gasteiger partial charge in [0.05, 0.1) is 6.54 Å². The first-order valence-electron chi connectivity index (χ1n) is 4.36. The van der Waals surface area contributed by atoms with E-state index in [0.29, 0.717) is 12.5 Å². The van der Waals surface area contributed by atoms with Crippen LogP contribution >= 0.6 is 12.4 Å². The van der Waals surface area contributed by atoms with Gasteiger partial charge < -0.3 is 10.8 Å². The average molecular weight is 209 g/mol. The van der Waals surface area contributed by atoms with Crippen LogP contribution in [0.2, 0.25) is 0 Å². The van der Waals surface area contributed by atoms with Crippen molar-refractivity contribution in [1.29, 1.82) is 0 Å². The number of aliphatic carboxylic acids is 1. The molecule has 1 heterocycles. The molecule has 0 aromatic heterocycles. The molecule has 1 rings (SSSR count). The van der Waals surface area contributed by atoms with Gasteiger partial charge in [0.15, 0.2) is 0 Å². The number of hydrogen-bond donors (Lipinski definition) is 2. The van der Waals surface area contributed by atoms with Crippen molar-refractivity contribution in [2.45, 2.75) is 12.8 Å². The topological polar surface area (TPSA) is 66.6 Å². The van der Waals surface area contributed by atoms with Gasteiger partial charge in [-0.25, -0.2) is 0 Å². The summed E-state index contributed by atoms with van der Waals surface area (Å²) in [5, 5.41) is 8.55. The molecule has 1 unspecified atom stereocenters. The van der Waals surface area contributed by atoms with E-state index in [0.717, 1.165) is 25.9 Å². The maximum Gasteiger partial charge on any atom is 0.317 e. The molecule has 1 atom stereocenters. The Bertz CT molecular complexity index is 166. The van der Waals surface area contributed by atoms with E-state index in [2.05, 4.69) is 0 Å². The van der Waals surface area contributed by atoms with Crippen molar-refractivity contribution in [1.82, 2.24) is 4.90 Å². The molecule has 1 fully saturated rings. The van der Waals surface area contributed by atoms with Crippen LogP contribution in [0.25, 0.3) is 0 Å². The summed E-state index contributed by atoms with van der Waals surface area (Å²) < 4.78 is 0. The van der Waals surface area contributed by atoms with Gasteiger partial charge in [0.25, 0.3) is 0 Å². The number of hydrogen-bond acceptors (Lipinski definition) is 3. The third-order valence-electron chi connectivity index (χ3n) is 2.30. The molecule has 1 aliphatic rings. The summed E-state index contributed by atoms with van der Waals surface area (Å²) in [7, 11) is 0. The molecule has 0 spiro atoms. The van der Waals surface area contributed by atoms with Gasteiger partial charge in [0.2, 0.25) is 0 Å². The Kier molecular flexibility index (Phi) is 6.03. The molecule has 0 amide bonds. The highest BCUT2D eigenvalue weighted by atomic mass is 35.5. The Morgan fingerprint density at radius 1 is 1.62 bits per heavy atom. The van der Waals surface area contributed by atoms with Crippen LogP contribution in [0.4, 0.5) is 0 Å². The molecule has 3 N–H and O–H groups in total. The molecule has 0 bridgehead atoms. The summed E-state index contributed by atoms with van der Waals surface area (Å²) in [6.45, 7) is 2.60. The highest BCUT2D eigenvalue weighted by molar-refractivity contribution is 5.85. The molecule has 0 aromatic carbocycles. The van der Waals surface area contributed by atoms with Gasteiger partial charge in [-0.2, -0.15) is 0 Å². The van der Waals surface area contributed by atoms with Crippen molar-refractivity contribution >= 4 is 18.4 Å². The predicted molar refractivity (Wildman–Crippen MR) is 53.1 cm³/mol. The number of piperidine rings is 1. The van der Waals surface area contributed by atoms with Crippen molar-refractivity contribution in [3.05, 3.63) is 0 Å². The molecule has 0 aromatic rings. The lowest BCUT2D eigenvalue weighted by Gasteiger charge is -2.30. The number of carbonyl (C=O) groups is 1. The molecule has 0 saturated carbocycles. The number of nitrogens with zero attached hydrogens (tertiary/aromatic N) is 1. The minimum Gasteiger partial charge on any atom is -0.480 e. The van der Waals surface area contributed by atoms with E-state index in [1.165, 1.54) is 0 Å². The van der Waals surface area contributed by atoms with Crippen LogP contribution in [0.1, 0.15) is 12.8 Å². The molecule has 78 valence electrons. The number of likely N-dealkylation sites (tertiary alicyclic amines) is 1. The number of halogens is 1. The van der Waals surface area contributed by atoms with Crippen LogP contribution in [-0.2, 0) is 4.79 Å². The first kappa shape index (κ1) is 12.7. The van der Waals surface area contributed by atoms with Gasteiger partial charge in [-0.15, -0.1) is 12.4 Å². The molecule has 4 nitrogen and oxygen atoms in total. The first-order chi connectivity index (χ1) is 5.72. The molecular formula is C8H17ClN2O2. The third kappa shape index (κ3) is 4.45. The van der Waals surface area contributed by atoms with Crippen molar-refractivity contribution in [3.8, 4) is 0 Å². The zero-order valence-electron chi connectivity index (χ0n) is 7.61. The SMILES string of the molecule is Cl.NCC1CCCN(CC(=O)O)C1. The quantitative estimate of drug-likeness (QED) is 0.694. The molecular weight excluding hydrogens is 192 g/mol. The maximum atomic E-state index is 10.4. The van der Waals surface area contributed by atoms with Gasteiger partial charge in [-0.05, 0) is 31.8 Å². The Morgan fingerprint density at radius 3 is 2.85 bits per heavy atom. The lowest BCUT2D eigenvalue weighted by molar-refractivity contribution is -0.138. The van der Waals surface area contributed by atoms with Crippen molar-refractivity contribution in [3.63, 3.8) is 0 Å². The van der Waals surface area contributed by atoms with Gasteiger partial charge in [0, 0.05) is 6.54 Å². The molecule has 0 aliphatic carbocycles. The van der Waals surface area contributed by atoms with Crippen LogP contribution in [0.15, 0.2) is 0 Å². The monoisotopic (exact) mass is 208 g/mol. The van der Waals surface area contributed by atoms with E-state index >= 15 is 0 Å². The second-order valence-corrected chi connectivity index (χ2v) is 3.37. The fourth-order valence-electron chi connectivity index (χ4n) is 1.68. The van der Waals surface area contributed by atoms with E-state index in [9.17, 15) is 4.79 Å². The smallest absolute Gasteiger partial charge is 0.317 e. The fourth-order valence-corrected chi connectivity index (χ4v) is 1.68. The van der Waals surface area contributed by atoms with Crippen LogP contribution in [0, 0.1) is 5.92 Å². The molecule has 1 saturated heterocycles. The molecule has 5 heteroatoms. The van der Waals surface area contributed by atoms with Crippen LogP contribution in [-0.4, -0.2) is 42.2 Å².